The van der Waals surface area contributed by atoms with Gasteiger partial charge < -0.3 is 10.2 Å². The van der Waals surface area contributed by atoms with Gasteiger partial charge in [0.25, 0.3) is 0 Å². The summed E-state index contributed by atoms with van der Waals surface area (Å²) >= 11 is 1.42. The molecule has 1 aromatic rings. The number of carbonyl (C=O) groups is 1. The Morgan fingerprint density at radius 2 is 2.56 bits per heavy atom. The lowest BCUT2D eigenvalue weighted by molar-refractivity contribution is 0.184. The molecule has 5 nitrogen and oxygen atoms in total. The zero-order valence-corrected chi connectivity index (χ0v) is 11.5. The molecule has 0 radical (unpaired) electrons. The first-order valence-corrected chi connectivity index (χ1v) is 7.28. The maximum atomic E-state index is 11.5. The lowest BCUT2D eigenvalue weighted by atomic mass is 10.0. The fraction of sp³-hybridized carbons (Fsp3) is 0.667. The summed E-state index contributed by atoms with van der Waals surface area (Å²) in [6, 6.07) is -0.171. The summed E-state index contributed by atoms with van der Waals surface area (Å²) in [5, 5.41) is 8.04. The molecule has 1 aliphatic heterocycles. The van der Waals surface area contributed by atoms with E-state index in [4.69, 9.17) is 0 Å². The van der Waals surface area contributed by atoms with Crippen LogP contribution in [0.2, 0.25) is 0 Å². The van der Waals surface area contributed by atoms with Gasteiger partial charge in [-0.15, -0.1) is 11.3 Å². The predicted molar refractivity (Wildman–Crippen MR) is 74.0 cm³/mol. The second-order valence-electron chi connectivity index (χ2n) is 4.77. The summed E-state index contributed by atoms with van der Waals surface area (Å²) in [6.07, 6.45) is 4.27. The second kappa shape index (κ2) is 6.70. The first-order valence-electron chi connectivity index (χ1n) is 6.41. The van der Waals surface area contributed by atoms with E-state index in [0.29, 0.717) is 11.7 Å². The normalized spacial score (nSPS) is 20.6. The van der Waals surface area contributed by atoms with Crippen molar-refractivity contribution in [1.82, 2.24) is 15.2 Å². The number of carbonyl (C=O) groups excluding carboxylic acids is 1. The highest BCUT2D eigenvalue weighted by molar-refractivity contribution is 7.13. The van der Waals surface area contributed by atoms with Gasteiger partial charge in [0.15, 0.2) is 5.13 Å². The van der Waals surface area contributed by atoms with Gasteiger partial charge in [-0.2, -0.15) is 0 Å². The zero-order chi connectivity index (χ0) is 12.8. The molecule has 0 saturated carbocycles. The van der Waals surface area contributed by atoms with Gasteiger partial charge in [-0.05, 0) is 25.3 Å². The molecule has 2 N–H and O–H groups in total. The number of rotatable bonds is 4. The van der Waals surface area contributed by atoms with Crippen molar-refractivity contribution in [3.8, 4) is 0 Å². The standard InChI is InChI=1S/C12H20N4OS/c1-10-3-2-6-16(9-10)7-4-13-11(17)15-12-14-5-8-18-12/h5,8,10H,2-4,6-7,9H2,1H3,(H2,13,14,15,17)/t10-/m1/s1. The van der Waals surface area contributed by atoms with Crippen LogP contribution in [-0.2, 0) is 0 Å². The van der Waals surface area contributed by atoms with Crippen LogP contribution >= 0.6 is 11.3 Å². The number of amides is 2. The monoisotopic (exact) mass is 268 g/mol. The Bertz CT molecular complexity index is 368. The van der Waals surface area contributed by atoms with E-state index in [1.807, 2.05) is 5.38 Å². The van der Waals surface area contributed by atoms with Crippen molar-refractivity contribution in [3.63, 3.8) is 0 Å². The van der Waals surface area contributed by atoms with E-state index in [0.717, 1.165) is 25.6 Å². The average Bonchev–Trinajstić information content (AvgIpc) is 2.82. The van der Waals surface area contributed by atoms with Gasteiger partial charge in [0.2, 0.25) is 0 Å². The van der Waals surface area contributed by atoms with E-state index >= 15 is 0 Å². The Hall–Kier alpha value is -1.14. The highest BCUT2D eigenvalue weighted by Gasteiger charge is 2.15. The van der Waals surface area contributed by atoms with Crippen LogP contribution in [0, 0.1) is 5.92 Å². The van der Waals surface area contributed by atoms with Crippen LogP contribution in [0.25, 0.3) is 0 Å². The number of piperidine rings is 1. The fourth-order valence-electron chi connectivity index (χ4n) is 2.24. The molecule has 2 amide bonds. The summed E-state index contributed by atoms with van der Waals surface area (Å²) < 4.78 is 0. The number of thiazole rings is 1. The number of hydrogen-bond donors (Lipinski definition) is 2. The van der Waals surface area contributed by atoms with Crippen LogP contribution in [0.3, 0.4) is 0 Å². The molecule has 1 saturated heterocycles. The first kappa shape index (κ1) is 13.3. The van der Waals surface area contributed by atoms with Gasteiger partial charge >= 0.3 is 6.03 Å². The predicted octanol–water partition coefficient (Wildman–Crippen LogP) is 2.00. The lowest BCUT2D eigenvalue weighted by Gasteiger charge is -2.30. The van der Waals surface area contributed by atoms with Gasteiger partial charge in [0, 0.05) is 31.2 Å². The highest BCUT2D eigenvalue weighted by atomic mass is 32.1. The van der Waals surface area contributed by atoms with Crippen LogP contribution in [0.5, 0.6) is 0 Å². The molecule has 1 atom stereocenters. The molecule has 2 heterocycles. The summed E-state index contributed by atoms with van der Waals surface area (Å²) in [6.45, 7) is 6.20. The molecule has 1 fully saturated rings. The van der Waals surface area contributed by atoms with Crippen molar-refractivity contribution in [2.24, 2.45) is 5.92 Å². The summed E-state index contributed by atoms with van der Waals surface area (Å²) in [5.41, 5.74) is 0. The van der Waals surface area contributed by atoms with E-state index in [-0.39, 0.29) is 6.03 Å². The smallest absolute Gasteiger partial charge is 0.321 e. The topological polar surface area (TPSA) is 57.3 Å². The quantitative estimate of drug-likeness (QED) is 0.878. The van der Waals surface area contributed by atoms with E-state index in [2.05, 4.69) is 27.4 Å². The molecule has 1 aromatic heterocycles. The van der Waals surface area contributed by atoms with Gasteiger partial charge in [0.1, 0.15) is 0 Å². The number of aromatic nitrogens is 1. The van der Waals surface area contributed by atoms with Crippen molar-refractivity contribution in [3.05, 3.63) is 11.6 Å². The van der Waals surface area contributed by atoms with Gasteiger partial charge in [0.05, 0.1) is 0 Å². The molecule has 6 heteroatoms. The van der Waals surface area contributed by atoms with Gasteiger partial charge in [-0.25, -0.2) is 9.78 Å². The minimum absolute atomic E-state index is 0.171. The summed E-state index contributed by atoms with van der Waals surface area (Å²) in [7, 11) is 0. The Balaban J connectivity index is 1.61. The molecule has 2 rings (SSSR count). The molecular weight excluding hydrogens is 248 g/mol. The van der Waals surface area contributed by atoms with E-state index < -0.39 is 0 Å². The molecule has 100 valence electrons. The minimum Gasteiger partial charge on any atom is -0.337 e. The van der Waals surface area contributed by atoms with E-state index in [9.17, 15) is 4.79 Å². The van der Waals surface area contributed by atoms with Crippen LogP contribution in [-0.4, -0.2) is 42.1 Å². The SMILES string of the molecule is C[C@@H]1CCCN(CCNC(=O)Nc2nccs2)C1. The third-order valence-electron chi connectivity index (χ3n) is 3.11. The number of nitrogens with one attached hydrogen (secondary N) is 2. The minimum atomic E-state index is -0.171. The van der Waals surface area contributed by atoms with Crippen molar-refractivity contribution in [1.29, 1.82) is 0 Å². The molecule has 18 heavy (non-hydrogen) atoms. The number of nitrogens with zero attached hydrogens (tertiary/aromatic N) is 2. The second-order valence-corrected chi connectivity index (χ2v) is 5.66. The van der Waals surface area contributed by atoms with Crippen LogP contribution < -0.4 is 10.6 Å². The number of hydrogen-bond acceptors (Lipinski definition) is 4. The molecule has 0 spiro atoms. The Kier molecular flexibility index (Phi) is 4.95. The van der Waals surface area contributed by atoms with Crippen molar-refractivity contribution in [2.45, 2.75) is 19.8 Å². The Morgan fingerprint density at radius 3 is 3.28 bits per heavy atom. The Labute approximate surface area is 112 Å². The number of likely N-dealkylation sites (tertiary alicyclic amines) is 1. The molecule has 0 unspecified atom stereocenters. The van der Waals surface area contributed by atoms with Crippen LogP contribution in [0.15, 0.2) is 11.6 Å². The third kappa shape index (κ3) is 4.27. The molecule has 0 bridgehead atoms. The summed E-state index contributed by atoms with van der Waals surface area (Å²) in [4.78, 5) is 18.0. The number of urea groups is 1. The van der Waals surface area contributed by atoms with Crippen LogP contribution in [0.1, 0.15) is 19.8 Å². The average molecular weight is 268 g/mol. The highest BCUT2D eigenvalue weighted by Crippen LogP contribution is 2.14. The molecule has 0 aromatic carbocycles. The first-order chi connectivity index (χ1) is 8.74. The fourth-order valence-corrected chi connectivity index (χ4v) is 2.77. The summed E-state index contributed by atoms with van der Waals surface area (Å²) in [5.74, 6) is 0.780. The maximum Gasteiger partial charge on any atom is 0.321 e. The molecule has 0 aliphatic carbocycles. The van der Waals surface area contributed by atoms with E-state index in [1.165, 1.54) is 24.2 Å². The van der Waals surface area contributed by atoms with Crippen molar-refractivity contribution >= 4 is 22.5 Å². The Morgan fingerprint density at radius 1 is 1.67 bits per heavy atom. The lowest BCUT2D eigenvalue weighted by Crippen LogP contribution is -2.41. The van der Waals surface area contributed by atoms with Crippen molar-refractivity contribution in [2.75, 3.05) is 31.5 Å². The van der Waals surface area contributed by atoms with Crippen LogP contribution in [0.4, 0.5) is 9.93 Å². The number of anilines is 1. The molecule has 1 aliphatic rings. The van der Waals surface area contributed by atoms with Gasteiger partial charge in [-0.1, -0.05) is 6.92 Å². The zero-order valence-electron chi connectivity index (χ0n) is 10.7. The molecular formula is C12H20N4OS. The van der Waals surface area contributed by atoms with Crippen molar-refractivity contribution < 1.29 is 4.79 Å². The maximum absolute atomic E-state index is 11.5. The third-order valence-corrected chi connectivity index (χ3v) is 3.80. The largest absolute Gasteiger partial charge is 0.337 e. The van der Waals surface area contributed by atoms with Gasteiger partial charge in [-0.3, -0.25) is 5.32 Å². The van der Waals surface area contributed by atoms with E-state index in [1.54, 1.807) is 6.20 Å².